The molecule has 1 aromatic heterocycles. The molecule has 3 rings (SSSR count). The summed E-state index contributed by atoms with van der Waals surface area (Å²) in [5.41, 5.74) is 3.29. The Morgan fingerprint density at radius 1 is 0.720 bits per heavy atom. The lowest BCUT2D eigenvalue weighted by molar-refractivity contribution is 0.414. The molecular formula is C21H24O3Si. The van der Waals surface area contributed by atoms with Crippen molar-refractivity contribution < 1.29 is 13.9 Å². The van der Waals surface area contributed by atoms with Crippen LogP contribution in [0.2, 0.25) is 19.6 Å². The molecule has 1 heterocycles. The van der Waals surface area contributed by atoms with Crippen LogP contribution >= 0.6 is 0 Å². The van der Waals surface area contributed by atoms with E-state index >= 15 is 0 Å². The predicted octanol–water partition coefficient (Wildman–Crippen LogP) is 5.18. The van der Waals surface area contributed by atoms with Gasteiger partial charge in [0.15, 0.2) is 0 Å². The summed E-state index contributed by atoms with van der Waals surface area (Å²) >= 11 is 0. The maximum atomic E-state index is 6.34. The number of hydrogen-bond donors (Lipinski definition) is 0. The van der Waals surface area contributed by atoms with Crippen molar-refractivity contribution in [1.82, 2.24) is 0 Å². The Hall–Kier alpha value is -2.46. The second kappa shape index (κ2) is 6.80. The molecular weight excluding hydrogens is 328 g/mol. The number of hydrogen-bond acceptors (Lipinski definition) is 3. The van der Waals surface area contributed by atoms with E-state index in [1.54, 1.807) is 14.2 Å². The molecule has 0 aliphatic rings. The standard InChI is InChI=1S/C21H24O3Si/c1-22-17-10-6-15(7-11-17)19-14-20(25(3,4)5)24-21(19)16-8-12-18(23-2)13-9-16/h6-14H,1-5H3. The number of rotatable bonds is 5. The first-order chi connectivity index (χ1) is 11.9. The zero-order chi connectivity index (χ0) is 18.0. The third kappa shape index (κ3) is 3.64. The van der Waals surface area contributed by atoms with Gasteiger partial charge >= 0.3 is 0 Å². The van der Waals surface area contributed by atoms with Gasteiger partial charge in [0.05, 0.1) is 19.6 Å². The monoisotopic (exact) mass is 352 g/mol. The van der Waals surface area contributed by atoms with Crippen molar-refractivity contribution in [3.8, 4) is 33.9 Å². The van der Waals surface area contributed by atoms with Gasteiger partial charge in [-0.05, 0) is 48.0 Å². The molecule has 0 spiro atoms. The van der Waals surface area contributed by atoms with E-state index in [-0.39, 0.29) is 0 Å². The lowest BCUT2D eigenvalue weighted by Gasteiger charge is -2.11. The Labute approximate surface area is 150 Å². The quantitative estimate of drug-likeness (QED) is 0.593. The van der Waals surface area contributed by atoms with Crippen LogP contribution in [0.3, 0.4) is 0 Å². The van der Waals surface area contributed by atoms with Gasteiger partial charge in [0, 0.05) is 11.1 Å². The van der Waals surface area contributed by atoms with Gasteiger partial charge in [-0.15, -0.1) is 0 Å². The first-order valence-electron chi connectivity index (χ1n) is 8.35. The van der Waals surface area contributed by atoms with E-state index in [9.17, 15) is 0 Å². The first kappa shape index (κ1) is 17.4. The SMILES string of the molecule is COc1ccc(-c2cc([Si](C)(C)C)oc2-c2ccc(OC)cc2)cc1. The highest BCUT2D eigenvalue weighted by molar-refractivity contribution is 6.87. The van der Waals surface area contributed by atoms with Crippen LogP contribution in [0.15, 0.2) is 59.0 Å². The predicted molar refractivity (Wildman–Crippen MR) is 106 cm³/mol. The highest BCUT2D eigenvalue weighted by atomic mass is 28.3. The molecule has 4 heteroatoms. The molecule has 0 fully saturated rings. The number of methoxy groups -OCH3 is 2. The Bertz CT molecular complexity index is 775. The zero-order valence-electron chi connectivity index (χ0n) is 15.4. The average Bonchev–Trinajstić information content (AvgIpc) is 3.07. The molecule has 130 valence electrons. The van der Waals surface area contributed by atoms with Crippen molar-refractivity contribution in [1.29, 1.82) is 0 Å². The van der Waals surface area contributed by atoms with Gasteiger partial charge in [-0.2, -0.15) is 0 Å². The number of ether oxygens (including phenoxy) is 2. The van der Waals surface area contributed by atoms with Crippen LogP contribution in [0.5, 0.6) is 11.5 Å². The smallest absolute Gasteiger partial charge is 0.141 e. The van der Waals surface area contributed by atoms with Crippen molar-refractivity contribution >= 4 is 13.5 Å². The van der Waals surface area contributed by atoms with E-state index in [2.05, 4.69) is 37.8 Å². The molecule has 0 saturated carbocycles. The van der Waals surface area contributed by atoms with Gasteiger partial charge in [0.25, 0.3) is 0 Å². The van der Waals surface area contributed by atoms with E-state index < -0.39 is 8.07 Å². The largest absolute Gasteiger partial charge is 0.497 e. The highest BCUT2D eigenvalue weighted by Crippen LogP contribution is 2.34. The molecule has 0 unspecified atom stereocenters. The molecule has 3 aromatic rings. The Morgan fingerprint density at radius 3 is 1.64 bits per heavy atom. The van der Waals surface area contributed by atoms with Gasteiger partial charge in [0.1, 0.15) is 25.3 Å². The summed E-state index contributed by atoms with van der Waals surface area (Å²) in [6.45, 7) is 6.88. The molecule has 0 aliphatic carbocycles. The maximum Gasteiger partial charge on any atom is 0.141 e. The average molecular weight is 353 g/mol. The van der Waals surface area contributed by atoms with Gasteiger partial charge in [0.2, 0.25) is 0 Å². The van der Waals surface area contributed by atoms with E-state index in [4.69, 9.17) is 13.9 Å². The zero-order valence-corrected chi connectivity index (χ0v) is 16.4. The second-order valence-electron chi connectivity index (χ2n) is 7.06. The first-order valence-corrected chi connectivity index (χ1v) is 11.9. The molecule has 0 saturated heterocycles. The summed E-state index contributed by atoms with van der Waals surface area (Å²) < 4.78 is 16.9. The lowest BCUT2D eigenvalue weighted by atomic mass is 10.0. The summed E-state index contributed by atoms with van der Waals surface area (Å²) in [4.78, 5) is 0. The van der Waals surface area contributed by atoms with Crippen LogP contribution in [-0.2, 0) is 0 Å². The Balaban J connectivity index is 2.12. The van der Waals surface area contributed by atoms with Crippen LogP contribution in [0.4, 0.5) is 0 Å². The summed E-state index contributed by atoms with van der Waals surface area (Å²) in [6, 6.07) is 18.3. The number of furan rings is 1. The topological polar surface area (TPSA) is 31.6 Å². The van der Waals surface area contributed by atoms with Gasteiger partial charge in [-0.1, -0.05) is 31.8 Å². The minimum absolute atomic E-state index is 0.840. The molecule has 0 radical (unpaired) electrons. The summed E-state index contributed by atoms with van der Waals surface area (Å²) in [7, 11) is 1.79. The molecule has 2 aromatic carbocycles. The van der Waals surface area contributed by atoms with Crippen LogP contribution in [0.25, 0.3) is 22.5 Å². The van der Waals surface area contributed by atoms with Crippen molar-refractivity contribution in [2.45, 2.75) is 19.6 Å². The summed E-state index contributed by atoms with van der Waals surface area (Å²) in [5, 5.41) is 1.10. The molecule has 25 heavy (non-hydrogen) atoms. The molecule has 0 bridgehead atoms. The van der Waals surface area contributed by atoms with E-state index in [0.29, 0.717) is 0 Å². The van der Waals surface area contributed by atoms with Crippen LogP contribution < -0.4 is 14.9 Å². The van der Waals surface area contributed by atoms with Gasteiger partial charge in [-0.25, -0.2) is 0 Å². The molecule has 0 aliphatic heterocycles. The lowest BCUT2D eigenvalue weighted by Crippen LogP contribution is -2.36. The minimum Gasteiger partial charge on any atom is -0.497 e. The fraction of sp³-hybridized carbons (Fsp3) is 0.238. The molecule has 0 N–H and O–H groups in total. The Morgan fingerprint density at radius 2 is 1.20 bits per heavy atom. The van der Waals surface area contributed by atoms with Crippen LogP contribution in [0.1, 0.15) is 0 Å². The second-order valence-corrected chi connectivity index (χ2v) is 12.1. The van der Waals surface area contributed by atoms with Crippen molar-refractivity contribution in [3.05, 3.63) is 54.6 Å². The van der Waals surface area contributed by atoms with Crippen molar-refractivity contribution in [2.75, 3.05) is 14.2 Å². The van der Waals surface area contributed by atoms with Crippen LogP contribution in [0, 0.1) is 0 Å². The maximum absolute atomic E-state index is 6.34. The molecule has 3 nitrogen and oxygen atoms in total. The van der Waals surface area contributed by atoms with Gasteiger partial charge in [-0.3, -0.25) is 0 Å². The summed E-state index contributed by atoms with van der Waals surface area (Å²) in [6.07, 6.45) is 0. The van der Waals surface area contributed by atoms with Crippen LogP contribution in [-0.4, -0.2) is 22.3 Å². The third-order valence-corrected chi connectivity index (χ3v) is 5.95. The molecule has 0 atom stereocenters. The minimum atomic E-state index is -1.56. The van der Waals surface area contributed by atoms with E-state index in [0.717, 1.165) is 39.3 Å². The van der Waals surface area contributed by atoms with Gasteiger partial charge < -0.3 is 13.9 Å². The fourth-order valence-electron chi connectivity index (χ4n) is 2.70. The number of benzene rings is 2. The van der Waals surface area contributed by atoms with Crippen molar-refractivity contribution in [2.24, 2.45) is 0 Å². The third-order valence-electron chi connectivity index (χ3n) is 4.22. The summed E-state index contributed by atoms with van der Waals surface area (Å²) in [5.74, 6) is 2.60. The van der Waals surface area contributed by atoms with Crippen molar-refractivity contribution in [3.63, 3.8) is 0 Å². The highest BCUT2D eigenvalue weighted by Gasteiger charge is 2.25. The molecule has 0 amide bonds. The van der Waals surface area contributed by atoms with E-state index in [1.807, 2.05) is 36.4 Å². The fourth-order valence-corrected chi connectivity index (χ4v) is 3.69. The Kier molecular flexibility index (Phi) is 4.73. The van der Waals surface area contributed by atoms with E-state index in [1.165, 1.54) is 0 Å². The normalized spacial score (nSPS) is 11.4.